The van der Waals surface area contributed by atoms with Crippen LogP contribution in [0.3, 0.4) is 0 Å². The minimum Gasteiger partial charge on any atom is -0.353 e. The van der Waals surface area contributed by atoms with Crippen molar-refractivity contribution in [2.24, 2.45) is 0 Å². The number of hydrogen-bond acceptors (Lipinski definition) is 5. The van der Waals surface area contributed by atoms with E-state index in [4.69, 9.17) is 0 Å². The summed E-state index contributed by atoms with van der Waals surface area (Å²) in [5.41, 5.74) is 3.34. The first-order valence-corrected chi connectivity index (χ1v) is 10.4. The second-order valence-corrected chi connectivity index (χ2v) is 7.98. The van der Waals surface area contributed by atoms with Crippen LogP contribution in [0.2, 0.25) is 0 Å². The topological polar surface area (TPSA) is 72.7 Å². The van der Waals surface area contributed by atoms with Crippen LogP contribution >= 0.6 is 11.8 Å². The zero-order chi connectivity index (χ0) is 18.4. The molecule has 0 aliphatic heterocycles. The Labute approximate surface area is 159 Å². The SMILES string of the molecule is Cc1ccc(-n2nnnc2SCC(=O)NC2CCCCCCC2)cc1C. The lowest BCUT2D eigenvalue weighted by Crippen LogP contribution is -2.36. The molecule has 1 N–H and O–H groups in total. The summed E-state index contributed by atoms with van der Waals surface area (Å²) in [5.74, 6) is 0.400. The van der Waals surface area contributed by atoms with Crippen molar-refractivity contribution in [2.75, 3.05) is 5.75 Å². The summed E-state index contributed by atoms with van der Waals surface area (Å²) in [5, 5.41) is 15.8. The van der Waals surface area contributed by atoms with Gasteiger partial charge in [-0.15, -0.1) is 5.10 Å². The summed E-state index contributed by atoms with van der Waals surface area (Å²) >= 11 is 1.38. The lowest BCUT2D eigenvalue weighted by molar-refractivity contribution is -0.119. The van der Waals surface area contributed by atoms with Gasteiger partial charge in [0.15, 0.2) is 0 Å². The summed E-state index contributed by atoms with van der Waals surface area (Å²) < 4.78 is 1.69. The molecule has 2 aromatic rings. The van der Waals surface area contributed by atoms with Crippen LogP contribution in [0.4, 0.5) is 0 Å². The van der Waals surface area contributed by atoms with Crippen LogP contribution in [0.15, 0.2) is 23.4 Å². The van der Waals surface area contributed by atoms with Crippen LogP contribution in [0, 0.1) is 13.8 Å². The average Bonchev–Trinajstić information content (AvgIpc) is 3.06. The number of thioether (sulfide) groups is 1. The number of hydrogen-bond donors (Lipinski definition) is 1. The normalized spacial score (nSPS) is 16.1. The predicted molar refractivity (Wildman–Crippen MR) is 104 cm³/mol. The van der Waals surface area contributed by atoms with Gasteiger partial charge in [0.25, 0.3) is 0 Å². The highest BCUT2D eigenvalue weighted by atomic mass is 32.2. The number of nitrogens with zero attached hydrogens (tertiary/aromatic N) is 4. The molecule has 3 rings (SSSR count). The molecule has 1 amide bonds. The highest BCUT2D eigenvalue weighted by molar-refractivity contribution is 7.99. The smallest absolute Gasteiger partial charge is 0.230 e. The lowest BCUT2D eigenvalue weighted by atomic mass is 9.97. The summed E-state index contributed by atoms with van der Waals surface area (Å²) in [6.07, 6.45) is 8.51. The van der Waals surface area contributed by atoms with Crippen LogP contribution < -0.4 is 5.32 Å². The molecule has 0 bridgehead atoms. The van der Waals surface area contributed by atoms with Crippen LogP contribution in [0.5, 0.6) is 0 Å². The highest BCUT2D eigenvalue weighted by Crippen LogP contribution is 2.21. The number of carbonyl (C=O) groups excluding carboxylic acids is 1. The molecule has 1 aromatic carbocycles. The van der Waals surface area contributed by atoms with E-state index in [1.807, 2.05) is 6.07 Å². The molecular weight excluding hydrogens is 346 g/mol. The molecule has 1 heterocycles. The van der Waals surface area contributed by atoms with E-state index in [0.717, 1.165) is 18.5 Å². The molecule has 1 aromatic heterocycles. The van der Waals surface area contributed by atoms with E-state index in [1.54, 1.807) is 4.68 Å². The Bertz CT molecular complexity index is 737. The van der Waals surface area contributed by atoms with Gasteiger partial charge in [0.05, 0.1) is 11.4 Å². The van der Waals surface area contributed by atoms with Gasteiger partial charge in [-0.3, -0.25) is 4.79 Å². The maximum Gasteiger partial charge on any atom is 0.230 e. The third-order valence-electron chi connectivity index (χ3n) is 4.98. The number of aryl methyl sites for hydroxylation is 2. The number of tetrazole rings is 1. The Kier molecular flexibility index (Phi) is 6.66. The van der Waals surface area contributed by atoms with Gasteiger partial charge in [0.1, 0.15) is 0 Å². The quantitative estimate of drug-likeness (QED) is 0.811. The van der Waals surface area contributed by atoms with Gasteiger partial charge in [-0.1, -0.05) is 49.9 Å². The number of aromatic nitrogens is 4. The largest absolute Gasteiger partial charge is 0.353 e. The van der Waals surface area contributed by atoms with Crippen molar-refractivity contribution in [1.82, 2.24) is 25.5 Å². The molecule has 1 fully saturated rings. The fraction of sp³-hybridized carbons (Fsp3) is 0.579. The summed E-state index contributed by atoms with van der Waals surface area (Å²) in [6.45, 7) is 4.15. The minimum absolute atomic E-state index is 0.0650. The van der Waals surface area contributed by atoms with Crippen LogP contribution in [-0.4, -0.2) is 37.9 Å². The number of rotatable bonds is 5. The van der Waals surface area contributed by atoms with Crippen molar-refractivity contribution in [1.29, 1.82) is 0 Å². The van der Waals surface area contributed by atoms with Crippen molar-refractivity contribution in [2.45, 2.75) is 70.0 Å². The van der Waals surface area contributed by atoms with Crippen molar-refractivity contribution in [3.05, 3.63) is 29.3 Å². The first-order valence-electron chi connectivity index (χ1n) is 9.41. The predicted octanol–water partition coefficient (Wildman–Crippen LogP) is 3.60. The molecule has 7 heteroatoms. The van der Waals surface area contributed by atoms with Gasteiger partial charge in [0, 0.05) is 6.04 Å². The van der Waals surface area contributed by atoms with Crippen molar-refractivity contribution < 1.29 is 4.79 Å². The standard InChI is InChI=1S/C19H27N5OS/c1-14-10-11-17(12-15(14)2)24-19(21-22-23-24)26-13-18(25)20-16-8-6-4-3-5-7-9-16/h10-12,16H,3-9,13H2,1-2H3,(H,20,25). The first kappa shape index (κ1) is 18.9. The van der Waals surface area contributed by atoms with Crippen LogP contribution in [0.25, 0.3) is 5.69 Å². The van der Waals surface area contributed by atoms with E-state index in [9.17, 15) is 4.79 Å². The fourth-order valence-corrected chi connectivity index (χ4v) is 3.99. The lowest BCUT2D eigenvalue weighted by Gasteiger charge is -2.20. The Balaban J connectivity index is 1.57. The first-order chi connectivity index (χ1) is 12.6. The molecule has 1 saturated carbocycles. The second kappa shape index (κ2) is 9.16. The van der Waals surface area contributed by atoms with Gasteiger partial charge >= 0.3 is 0 Å². The van der Waals surface area contributed by atoms with Crippen molar-refractivity contribution in [3.63, 3.8) is 0 Å². The maximum absolute atomic E-state index is 12.3. The molecule has 0 atom stereocenters. The molecule has 0 radical (unpaired) electrons. The van der Waals surface area contributed by atoms with Crippen LogP contribution in [-0.2, 0) is 4.79 Å². The fourth-order valence-electron chi connectivity index (χ4n) is 3.29. The Hall–Kier alpha value is -1.89. The monoisotopic (exact) mass is 373 g/mol. The number of nitrogens with one attached hydrogen (secondary N) is 1. The zero-order valence-electron chi connectivity index (χ0n) is 15.6. The maximum atomic E-state index is 12.3. The van der Waals surface area contributed by atoms with E-state index in [2.05, 4.69) is 46.8 Å². The van der Waals surface area contributed by atoms with Crippen molar-refractivity contribution >= 4 is 17.7 Å². The second-order valence-electron chi connectivity index (χ2n) is 7.04. The molecule has 0 unspecified atom stereocenters. The van der Waals surface area contributed by atoms with Gasteiger partial charge in [-0.2, -0.15) is 4.68 Å². The molecular formula is C19H27N5OS. The molecule has 0 saturated heterocycles. The van der Waals surface area contributed by atoms with Gasteiger partial charge in [-0.25, -0.2) is 0 Å². The highest BCUT2D eigenvalue weighted by Gasteiger charge is 2.16. The van der Waals surface area contributed by atoms with E-state index < -0.39 is 0 Å². The Morgan fingerprint density at radius 2 is 1.88 bits per heavy atom. The third-order valence-corrected chi connectivity index (χ3v) is 5.90. The number of carbonyl (C=O) groups is 1. The van der Waals surface area contributed by atoms with E-state index in [1.165, 1.54) is 55.0 Å². The number of benzene rings is 1. The molecule has 1 aliphatic carbocycles. The minimum atomic E-state index is 0.0650. The molecule has 26 heavy (non-hydrogen) atoms. The summed E-state index contributed by atoms with van der Waals surface area (Å²) in [6, 6.07) is 6.43. The molecule has 1 aliphatic rings. The Morgan fingerprint density at radius 1 is 1.15 bits per heavy atom. The Morgan fingerprint density at radius 3 is 2.62 bits per heavy atom. The van der Waals surface area contributed by atoms with Gasteiger partial charge in [0.2, 0.25) is 11.1 Å². The summed E-state index contributed by atoms with van der Waals surface area (Å²) in [7, 11) is 0. The van der Waals surface area contributed by atoms with E-state index >= 15 is 0 Å². The van der Waals surface area contributed by atoms with E-state index in [-0.39, 0.29) is 5.91 Å². The van der Waals surface area contributed by atoms with Crippen LogP contribution in [0.1, 0.15) is 56.1 Å². The van der Waals surface area contributed by atoms with Gasteiger partial charge < -0.3 is 5.32 Å². The zero-order valence-corrected chi connectivity index (χ0v) is 16.4. The summed E-state index contributed by atoms with van der Waals surface area (Å²) in [4.78, 5) is 12.3. The van der Waals surface area contributed by atoms with Gasteiger partial charge in [-0.05, 0) is 60.4 Å². The number of amides is 1. The molecule has 6 nitrogen and oxygen atoms in total. The van der Waals surface area contributed by atoms with E-state index in [0.29, 0.717) is 17.0 Å². The molecule has 140 valence electrons. The third kappa shape index (κ3) is 5.06. The van der Waals surface area contributed by atoms with Crippen molar-refractivity contribution in [3.8, 4) is 5.69 Å². The molecule has 0 spiro atoms. The average molecular weight is 374 g/mol.